The third-order valence-electron chi connectivity index (χ3n) is 2.36. The zero-order chi connectivity index (χ0) is 14.0. The number of hydrogen-bond donors (Lipinski definition) is 0. The van der Waals surface area contributed by atoms with Gasteiger partial charge in [0.2, 0.25) is 0 Å². The van der Waals surface area contributed by atoms with E-state index >= 15 is 0 Å². The lowest BCUT2D eigenvalue weighted by molar-refractivity contribution is -0.128. The van der Waals surface area contributed by atoms with Gasteiger partial charge >= 0.3 is 12.1 Å². The first kappa shape index (κ1) is 13.3. The number of imidazole rings is 1. The van der Waals surface area contributed by atoms with Crippen LogP contribution < -0.4 is 0 Å². The van der Waals surface area contributed by atoms with Gasteiger partial charge in [0.25, 0.3) is 0 Å². The highest BCUT2D eigenvalue weighted by atomic mass is 19.4. The first-order valence-electron chi connectivity index (χ1n) is 5.46. The number of esters is 1. The van der Waals surface area contributed by atoms with E-state index in [0.29, 0.717) is 0 Å². The summed E-state index contributed by atoms with van der Waals surface area (Å²) < 4.78 is 43.3. The van der Waals surface area contributed by atoms with Crippen LogP contribution in [-0.2, 0) is 11.2 Å². The molecule has 102 valence electrons. The van der Waals surface area contributed by atoms with Crippen LogP contribution >= 0.6 is 0 Å². The van der Waals surface area contributed by atoms with Crippen LogP contribution in [0, 0.1) is 0 Å². The molecule has 0 bridgehead atoms. The fraction of sp³-hybridized carbons (Fsp3) is 0.364. The standard InChI is InChI=1S/C11H10F3N3O2/c1-2-19-10(18)8-5-16-9-6-15-4-7(17(8)9)3-11(12,13)14/h4-6H,2-3H2,1H3. The maximum atomic E-state index is 12.5. The number of carbonyl (C=O) groups excluding carboxylic acids is 1. The van der Waals surface area contributed by atoms with Gasteiger partial charge in [-0.25, -0.2) is 9.78 Å². The van der Waals surface area contributed by atoms with Crippen LogP contribution in [0.1, 0.15) is 23.1 Å². The third-order valence-corrected chi connectivity index (χ3v) is 2.36. The Labute approximate surface area is 106 Å². The highest BCUT2D eigenvalue weighted by Crippen LogP contribution is 2.22. The molecule has 0 aliphatic heterocycles. The number of hydrogen-bond acceptors (Lipinski definition) is 4. The summed E-state index contributed by atoms with van der Waals surface area (Å²) in [5.74, 6) is -0.718. The van der Waals surface area contributed by atoms with Gasteiger partial charge < -0.3 is 4.74 Å². The summed E-state index contributed by atoms with van der Waals surface area (Å²) in [5, 5.41) is 0. The highest BCUT2D eigenvalue weighted by Gasteiger charge is 2.30. The van der Waals surface area contributed by atoms with Crippen molar-refractivity contribution in [3.05, 3.63) is 30.0 Å². The molecule has 0 atom stereocenters. The molecule has 0 saturated heterocycles. The Hall–Kier alpha value is -2.12. The maximum Gasteiger partial charge on any atom is 0.394 e. The fourth-order valence-electron chi connectivity index (χ4n) is 1.69. The van der Waals surface area contributed by atoms with Crippen LogP contribution in [-0.4, -0.2) is 33.1 Å². The molecule has 0 saturated carbocycles. The monoisotopic (exact) mass is 273 g/mol. The number of halogens is 3. The predicted molar refractivity (Wildman–Crippen MR) is 58.7 cm³/mol. The molecule has 0 aliphatic rings. The fourth-order valence-corrected chi connectivity index (χ4v) is 1.69. The molecule has 0 amide bonds. The van der Waals surface area contributed by atoms with Crippen molar-refractivity contribution >= 4 is 11.6 Å². The molecule has 19 heavy (non-hydrogen) atoms. The lowest BCUT2D eigenvalue weighted by atomic mass is 10.3. The van der Waals surface area contributed by atoms with Crippen LogP contribution in [0.15, 0.2) is 18.6 Å². The minimum Gasteiger partial charge on any atom is -0.461 e. The summed E-state index contributed by atoms with van der Waals surface area (Å²) in [6.07, 6.45) is -2.07. The number of nitrogens with zero attached hydrogens (tertiary/aromatic N) is 3. The van der Waals surface area contributed by atoms with Crippen molar-refractivity contribution in [1.82, 2.24) is 14.4 Å². The molecule has 0 N–H and O–H groups in total. The molecule has 0 aromatic carbocycles. The van der Waals surface area contributed by atoms with Gasteiger partial charge in [-0.1, -0.05) is 0 Å². The molecular formula is C11H10F3N3O2. The average molecular weight is 273 g/mol. The molecule has 2 heterocycles. The van der Waals surface area contributed by atoms with E-state index in [0.717, 1.165) is 10.6 Å². The van der Waals surface area contributed by atoms with Crippen molar-refractivity contribution in [3.8, 4) is 0 Å². The van der Waals surface area contributed by atoms with Crippen LogP contribution in [0.25, 0.3) is 5.65 Å². The minimum absolute atomic E-state index is 0.0431. The summed E-state index contributed by atoms with van der Waals surface area (Å²) in [4.78, 5) is 19.2. The van der Waals surface area contributed by atoms with Gasteiger partial charge in [-0.05, 0) is 6.92 Å². The van der Waals surface area contributed by atoms with Crippen LogP contribution in [0.4, 0.5) is 13.2 Å². The van der Waals surface area contributed by atoms with Crippen molar-refractivity contribution in [2.75, 3.05) is 6.61 Å². The zero-order valence-corrected chi connectivity index (χ0v) is 9.94. The molecule has 0 fully saturated rings. The Morgan fingerprint density at radius 2 is 2.11 bits per heavy atom. The van der Waals surface area contributed by atoms with Crippen molar-refractivity contribution in [1.29, 1.82) is 0 Å². The van der Waals surface area contributed by atoms with Crippen LogP contribution in [0.2, 0.25) is 0 Å². The molecule has 5 nitrogen and oxygen atoms in total. The second-order valence-electron chi connectivity index (χ2n) is 3.75. The smallest absolute Gasteiger partial charge is 0.394 e. The summed E-state index contributed by atoms with van der Waals surface area (Å²) in [5.41, 5.74) is -0.0335. The molecule has 0 unspecified atom stereocenters. The Morgan fingerprint density at radius 1 is 1.37 bits per heavy atom. The van der Waals surface area contributed by atoms with Crippen molar-refractivity contribution < 1.29 is 22.7 Å². The van der Waals surface area contributed by atoms with Crippen LogP contribution in [0.5, 0.6) is 0 Å². The van der Waals surface area contributed by atoms with Gasteiger partial charge in [-0.3, -0.25) is 9.38 Å². The van der Waals surface area contributed by atoms with Gasteiger partial charge in [-0.15, -0.1) is 0 Å². The SMILES string of the molecule is CCOC(=O)c1cnc2cncc(CC(F)(F)F)n12. The predicted octanol–water partition coefficient (Wildman–Crippen LogP) is 2.01. The number of aromatic nitrogens is 3. The Morgan fingerprint density at radius 3 is 2.74 bits per heavy atom. The molecule has 0 radical (unpaired) electrons. The largest absolute Gasteiger partial charge is 0.461 e. The lowest BCUT2D eigenvalue weighted by Crippen LogP contribution is -2.17. The van der Waals surface area contributed by atoms with Crippen molar-refractivity contribution in [3.63, 3.8) is 0 Å². The summed E-state index contributed by atoms with van der Waals surface area (Å²) >= 11 is 0. The van der Waals surface area contributed by atoms with Gasteiger partial charge in [0.05, 0.1) is 31.1 Å². The highest BCUT2D eigenvalue weighted by molar-refractivity contribution is 5.88. The molecular weight excluding hydrogens is 263 g/mol. The number of alkyl halides is 3. The Kier molecular flexibility index (Phi) is 3.41. The summed E-state index contributed by atoms with van der Waals surface area (Å²) in [7, 11) is 0. The van der Waals surface area contributed by atoms with E-state index in [1.54, 1.807) is 6.92 Å². The van der Waals surface area contributed by atoms with E-state index in [1.165, 1.54) is 12.4 Å². The molecule has 0 aliphatic carbocycles. The molecule has 8 heteroatoms. The van der Waals surface area contributed by atoms with Gasteiger partial charge in [0, 0.05) is 6.20 Å². The van der Waals surface area contributed by atoms with E-state index in [2.05, 4.69) is 9.97 Å². The van der Waals surface area contributed by atoms with Gasteiger partial charge in [-0.2, -0.15) is 13.2 Å². The molecule has 0 spiro atoms. The first-order chi connectivity index (χ1) is 8.92. The lowest BCUT2D eigenvalue weighted by Gasteiger charge is -2.10. The Bertz CT molecular complexity index is 607. The quantitative estimate of drug-likeness (QED) is 0.803. The van der Waals surface area contributed by atoms with Crippen LogP contribution in [0.3, 0.4) is 0 Å². The van der Waals surface area contributed by atoms with E-state index in [9.17, 15) is 18.0 Å². The molecule has 2 aromatic heterocycles. The van der Waals surface area contributed by atoms with E-state index in [4.69, 9.17) is 4.74 Å². The number of carbonyl (C=O) groups is 1. The Balaban J connectivity index is 2.52. The van der Waals surface area contributed by atoms with E-state index in [1.807, 2.05) is 0 Å². The third kappa shape index (κ3) is 2.83. The zero-order valence-electron chi connectivity index (χ0n) is 9.94. The second-order valence-corrected chi connectivity index (χ2v) is 3.75. The molecule has 2 rings (SSSR count). The minimum atomic E-state index is -4.40. The topological polar surface area (TPSA) is 56.5 Å². The summed E-state index contributed by atoms with van der Waals surface area (Å²) in [6.45, 7) is 1.74. The number of rotatable bonds is 3. The number of ether oxygens (including phenoxy) is 1. The second kappa shape index (κ2) is 4.87. The van der Waals surface area contributed by atoms with Crippen molar-refractivity contribution in [2.24, 2.45) is 0 Å². The number of fused-ring (bicyclic) bond motifs is 1. The van der Waals surface area contributed by atoms with Gasteiger partial charge in [0.1, 0.15) is 0 Å². The first-order valence-corrected chi connectivity index (χ1v) is 5.46. The molecule has 2 aromatic rings. The average Bonchev–Trinajstić information content (AvgIpc) is 2.72. The summed E-state index contributed by atoms with van der Waals surface area (Å²) in [6, 6.07) is 0. The van der Waals surface area contributed by atoms with Gasteiger partial charge in [0.15, 0.2) is 11.3 Å². The van der Waals surface area contributed by atoms with Crippen molar-refractivity contribution in [2.45, 2.75) is 19.5 Å². The normalized spacial score (nSPS) is 11.8. The maximum absolute atomic E-state index is 12.5. The van der Waals surface area contributed by atoms with E-state index in [-0.39, 0.29) is 23.6 Å². The van der Waals surface area contributed by atoms with E-state index < -0.39 is 18.6 Å².